The molecule has 0 saturated carbocycles. The predicted molar refractivity (Wildman–Crippen MR) is 172 cm³/mol. The summed E-state index contributed by atoms with van der Waals surface area (Å²) in [4.78, 5) is 46.9. The van der Waals surface area contributed by atoms with E-state index >= 15 is 0 Å². The van der Waals surface area contributed by atoms with E-state index in [4.69, 9.17) is 11.6 Å². The largest absolute Gasteiger partial charge is 0.337 e. The van der Waals surface area contributed by atoms with E-state index in [1.807, 2.05) is 72.9 Å². The van der Waals surface area contributed by atoms with Gasteiger partial charge < -0.3 is 4.90 Å². The molecule has 238 valence electrons. The lowest BCUT2D eigenvalue weighted by molar-refractivity contribution is -0.155. The molecule has 1 aliphatic carbocycles. The van der Waals surface area contributed by atoms with Gasteiger partial charge in [-0.1, -0.05) is 67.1 Å². The minimum atomic E-state index is -0.982. The Bertz CT molecular complexity index is 1580. The maximum Gasteiger partial charge on any atom is 0.250 e. The van der Waals surface area contributed by atoms with Crippen LogP contribution in [-0.4, -0.2) is 72.6 Å². The van der Waals surface area contributed by atoms with Gasteiger partial charge in [0.15, 0.2) is 0 Å². The van der Waals surface area contributed by atoms with Crippen molar-refractivity contribution in [3.8, 4) is 0 Å². The number of nitrogens with zero attached hydrogens (tertiary/aromatic N) is 6. The van der Waals surface area contributed by atoms with Gasteiger partial charge >= 0.3 is 0 Å². The van der Waals surface area contributed by atoms with E-state index in [1.54, 1.807) is 0 Å². The molecule has 3 amide bonds. The molecular formula is C35H43ClN6O3. The standard InChI is InChI=1S/C35H43ClN6O3/c1-22(2)35(5)17-31(43)42(34(35)45)32(26-10-7-6-8-11-26)33(44)39-18-23(3)40(24(4)19-39)20-28-21-41(38-37-28)30-13-9-12-25-14-15-27(36)16-29(25)30/h6-8,10-11,14-16,21-24,30,32H,9,12-13,17-20H2,1-5H3/t23-,24+,30-,32?,35?/m0/s1. The molecule has 0 N–H and O–H groups in total. The molecule has 5 atom stereocenters. The number of carbonyl (C=O) groups excluding carboxylic acids is 3. The highest BCUT2D eigenvalue weighted by molar-refractivity contribution is 6.30. The monoisotopic (exact) mass is 630 g/mol. The predicted octanol–water partition coefficient (Wildman–Crippen LogP) is 5.44. The fourth-order valence-electron chi connectivity index (χ4n) is 7.38. The number of aryl methyl sites for hydroxylation is 1. The number of hydrogen-bond acceptors (Lipinski definition) is 6. The molecule has 0 bridgehead atoms. The summed E-state index contributed by atoms with van der Waals surface area (Å²) < 4.78 is 1.97. The zero-order valence-electron chi connectivity index (χ0n) is 26.8. The second-order valence-electron chi connectivity index (χ2n) is 13.7. The van der Waals surface area contributed by atoms with Crippen LogP contribution in [0.3, 0.4) is 0 Å². The molecule has 3 aromatic rings. The lowest BCUT2D eigenvalue weighted by atomic mass is 9.77. The van der Waals surface area contributed by atoms with Gasteiger partial charge in [-0.25, -0.2) is 4.68 Å². The van der Waals surface area contributed by atoms with Crippen LogP contribution in [0.15, 0.2) is 54.7 Å². The maximum atomic E-state index is 14.3. The Labute approximate surface area is 270 Å². The van der Waals surface area contributed by atoms with E-state index in [0.29, 0.717) is 25.2 Å². The van der Waals surface area contributed by atoms with Crippen LogP contribution in [0.2, 0.25) is 5.02 Å². The average molecular weight is 631 g/mol. The van der Waals surface area contributed by atoms with Crippen molar-refractivity contribution in [2.75, 3.05) is 13.1 Å². The van der Waals surface area contributed by atoms with Gasteiger partial charge in [-0.2, -0.15) is 0 Å². The van der Waals surface area contributed by atoms with Crippen LogP contribution in [0.5, 0.6) is 0 Å². The fraction of sp³-hybridized carbons (Fsp3) is 0.514. The highest BCUT2D eigenvalue weighted by atomic mass is 35.5. The minimum absolute atomic E-state index is 0.0272. The van der Waals surface area contributed by atoms with Gasteiger partial charge in [0.05, 0.1) is 23.3 Å². The molecule has 9 nitrogen and oxygen atoms in total. The van der Waals surface area contributed by atoms with Crippen LogP contribution < -0.4 is 0 Å². The van der Waals surface area contributed by atoms with E-state index in [1.165, 1.54) is 16.0 Å². The van der Waals surface area contributed by atoms with E-state index in [2.05, 4.69) is 41.2 Å². The molecule has 2 unspecified atom stereocenters. The van der Waals surface area contributed by atoms with Crippen LogP contribution in [0, 0.1) is 11.3 Å². The first-order valence-electron chi connectivity index (χ1n) is 16.1. The summed E-state index contributed by atoms with van der Waals surface area (Å²) in [6.07, 6.45) is 5.28. The number of hydrogen-bond donors (Lipinski definition) is 0. The van der Waals surface area contributed by atoms with Crippen LogP contribution in [0.1, 0.15) is 88.3 Å². The van der Waals surface area contributed by atoms with Crippen LogP contribution in [-0.2, 0) is 27.3 Å². The first-order valence-corrected chi connectivity index (χ1v) is 16.5. The Morgan fingerprint density at radius 1 is 1.07 bits per heavy atom. The number of halogens is 1. The van der Waals surface area contributed by atoms with Crippen molar-refractivity contribution in [2.45, 2.75) is 91.0 Å². The van der Waals surface area contributed by atoms with Gasteiger partial charge in [-0.3, -0.25) is 24.2 Å². The van der Waals surface area contributed by atoms with Gasteiger partial charge in [0.25, 0.3) is 5.91 Å². The van der Waals surface area contributed by atoms with Crippen molar-refractivity contribution in [1.82, 2.24) is 29.7 Å². The minimum Gasteiger partial charge on any atom is -0.337 e. The van der Waals surface area contributed by atoms with Gasteiger partial charge in [0, 0.05) is 43.2 Å². The SMILES string of the molecule is CC(C)C1(C)CC(=O)N(C(C(=O)N2C[C@@H](C)N(Cc3cn([C@H]4CCCc5ccc(Cl)cc54)nn3)[C@@H](C)C2)c2ccccc2)C1=O. The Hall–Kier alpha value is -3.56. The Balaban J connectivity index is 1.19. The lowest BCUT2D eigenvalue weighted by Gasteiger charge is -2.45. The molecule has 3 aliphatic rings. The number of rotatable bonds is 7. The van der Waals surface area contributed by atoms with Gasteiger partial charge in [-0.15, -0.1) is 5.10 Å². The molecule has 10 heteroatoms. The smallest absolute Gasteiger partial charge is 0.250 e. The topological polar surface area (TPSA) is 91.6 Å². The van der Waals surface area contributed by atoms with E-state index < -0.39 is 11.5 Å². The van der Waals surface area contributed by atoms with Crippen molar-refractivity contribution < 1.29 is 14.4 Å². The Kier molecular flexibility index (Phi) is 8.61. The third-order valence-electron chi connectivity index (χ3n) is 10.4. The highest BCUT2D eigenvalue weighted by Crippen LogP contribution is 2.43. The van der Waals surface area contributed by atoms with E-state index in [9.17, 15) is 14.4 Å². The zero-order valence-corrected chi connectivity index (χ0v) is 27.6. The summed E-state index contributed by atoms with van der Waals surface area (Å²) in [6, 6.07) is 14.5. The molecule has 2 aromatic carbocycles. The van der Waals surface area contributed by atoms with Crippen LogP contribution in [0.4, 0.5) is 0 Å². The van der Waals surface area contributed by atoms with Crippen molar-refractivity contribution >= 4 is 29.3 Å². The number of amides is 3. The number of carbonyl (C=O) groups is 3. The first-order chi connectivity index (χ1) is 21.5. The number of piperazine rings is 1. The first kappa shape index (κ1) is 31.4. The normalized spacial score (nSPS) is 26.4. The molecule has 2 saturated heterocycles. The van der Waals surface area contributed by atoms with Crippen LogP contribution in [0.25, 0.3) is 0 Å². The number of benzene rings is 2. The van der Waals surface area contributed by atoms with E-state index in [-0.39, 0.29) is 48.2 Å². The Morgan fingerprint density at radius 3 is 2.44 bits per heavy atom. The average Bonchev–Trinajstić information content (AvgIpc) is 3.57. The van der Waals surface area contributed by atoms with Crippen molar-refractivity contribution in [3.05, 3.63) is 82.1 Å². The second kappa shape index (κ2) is 12.3. The third kappa shape index (κ3) is 5.81. The summed E-state index contributed by atoms with van der Waals surface area (Å²) in [5.41, 5.74) is 3.24. The zero-order chi connectivity index (χ0) is 32.0. The molecule has 0 spiro atoms. The van der Waals surface area contributed by atoms with Gasteiger partial charge in [-0.05, 0) is 74.8 Å². The molecule has 1 aromatic heterocycles. The van der Waals surface area contributed by atoms with Crippen molar-refractivity contribution in [3.63, 3.8) is 0 Å². The lowest BCUT2D eigenvalue weighted by Crippen LogP contribution is -2.59. The summed E-state index contributed by atoms with van der Waals surface area (Å²) >= 11 is 6.34. The molecule has 45 heavy (non-hydrogen) atoms. The summed E-state index contributed by atoms with van der Waals surface area (Å²) in [6.45, 7) is 11.5. The van der Waals surface area contributed by atoms with Gasteiger partial charge in [0.1, 0.15) is 6.04 Å². The molecular weight excluding hydrogens is 588 g/mol. The second-order valence-corrected chi connectivity index (χ2v) is 14.1. The number of imide groups is 1. The summed E-state index contributed by atoms with van der Waals surface area (Å²) in [5, 5.41) is 9.81. The quantitative estimate of drug-likeness (QED) is 0.323. The molecule has 6 rings (SSSR count). The summed E-state index contributed by atoms with van der Waals surface area (Å²) in [5.74, 6) is -0.799. The fourth-order valence-corrected chi connectivity index (χ4v) is 7.56. The summed E-state index contributed by atoms with van der Waals surface area (Å²) in [7, 11) is 0. The van der Waals surface area contributed by atoms with E-state index in [0.717, 1.165) is 30.0 Å². The molecule has 3 heterocycles. The Morgan fingerprint density at radius 2 is 1.78 bits per heavy atom. The molecule has 0 radical (unpaired) electrons. The van der Waals surface area contributed by atoms with Gasteiger partial charge in [0.2, 0.25) is 11.8 Å². The molecule has 2 fully saturated rings. The maximum absolute atomic E-state index is 14.3. The number of aromatic nitrogens is 3. The molecule has 2 aliphatic heterocycles. The number of fused-ring (bicyclic) bond motifs is 1. The third-order valence-corrected chi connectivity index (χ3v) is 10.6. The van der Waals surface area contributed by atoms with Crippen LogP contribution >= 0.6 is 11.6 Å². The number of likely N-dealkylation sites (tertiary alicyclic amines) is 1. The van der Waals surface area contributed by atoms with Crippen molar-refractivity contribution in [1.29, 1.82) is 0 Å². The van der Waals surface area contributed by atoms with Crippen molar-refractivity contribution in [2.24, 2.45) is 11.3 Å². The highest BCUT2D eigenvalue weighted by Gasteiger charge is 2.54.